The molecule has 1 saturated carbocycles. The SMILES string of the molecule is CCCOc1ccccc1NC(=O)C1CCC(CN)CC1. The summed E-state index contributed by atoms with van der Waals surface area (Å²) in [5.74, 6) is 1.56. The molecule has 0 saturated heterocycles. The Morgan fingerprint density at radius 2 is 2.00 bits per heavy atom. The van der Waals surface area contributed by atoms with Crippen molar-refractivity contribution in [2.45, 2.75) is 39.0 Å². The number of amides is 1. The van der Waals surface area contributed by atoms with Crippen molar-refractivity contribution in [1.29, 1.82) is 0 Å². The topological polar surface area (TPSA) is 64.3 Å². The number of hydrogen-bond donors (Lipinski definition) is 2. The van der Waals surface area contributed by atoms with Gasteiger partial charge in [0, 0.05) is 5.92 Å². The van der Waals surface area contributed by atoms with E-state index in [9.17, 15) is 4.79 Å². The fraction of sp³-hybridized carbons (Fsp3) is 0.588. The number of rotatable bonds is 6. The Kier molecular flexibility index (Phi) is 6.05. The van der Waals surface area contributed by atoms with Gasteiger partial charge in [0.2, 0.25) is 5.91 Å². The van der Waals surface area contributed by atoms with Gasteiger partial charge in [-0.05, 0) is 56.7 Å². The minimum atomic E-state index is 0.104. The highest BCUT2D eigenvalue weighted by atomic mass is 16.5. The second-order valence-corrected chi connectivity index (χ2v) is 5.79. The van der Waals surface area contributed by atoms with E-state index in [1.54, 1.807) is 0 Å². The molecule has 0 bridgehead atoms. The van der Waals surface area contributed by atoms with E-state index in [2.05, 4.69) is 12.2 Å². The maximum absolute atomic E-state index is 12.4. The molecule has 0 atom stereocenters. The van der Waals surface area contributed by atoms with Gasteiger partial charge in [-0.3, -0.25) is 4.79 Å². The molecular formula is C17H26N2O2. The molecule has 0 aromatic heterocycles. The van der Waals surface area contributed by atoms with Crippen LogP contribution >= 0.6 is 0 Å². The lowest BCUT2D eigenvalue weighted by atomic mass is 9.81. The van der Waals surface area contributed by atoms with Crippen molar-refractivity contribution in [3.05, 3.63) is 24.3 Å². The molecule has 4 nitrogen and oxygen atoms in total. The highest BCUT2D eigenvalue weighted by Crippen LogP contribution is 2.30. The molecule has 0 aliphatic heterocycles. The number of carbonyl (C=O) groups is 1. The molecule has 1 fully saturated rings. The third kappa shape index (κ3) is 4.46. The van der Waals surface area contributed by atoms with Gasteiger partial charge in [-0.15, -0.1) is 0 Å². The van der Waals surface area contributed by atoms with Crippen molar-refractivity contribution >= 4 is 11.6 Å². The Morgan fingerprint density at radius 3 is 2.67 bits per heavy atom. The quantitative estimate of drug-likeness (QED) is 0.845. The van der Waals surface area contributed by atoms with E-state index in [1.165, 1.54) is 0 Å². The van der Waals surface area contributed by atoms with Crippen LogP contribution in [0.3, 0.4) is 0 Å². The predicted octanol–water partition coefficient (Wildman–Crippen LogP) is 3.18. The smallest absolute Gasteiger partial charge is 0.227 e. The molecule has 21 heavy (non-hydrogen) atoms. The number of nitrogens with one attached hydrogen (secondary N) is 1. The van der Waals surface area contributed by atoms with Crippen molar-refractivity contribution < 1.29 is 9.53 Å². The summed E-state index contributed by atoms with van der Waals surface area (Å²) in [6.45, 7) is 3.47. The van der Waals surface area contributed by atoms with E-state index in [-0.39, 0.29) is 11.8 Å². The third-order valence-corrected chi connectivity index (χ3v) is 4.16. The zero-order valence-electron chi connectivity index (χ0n) is 12.8. The van der Waals surface area contributed by atoms with Crippen molar-refractivity contribution in [3.8, 4) is 5.75 Å². The van der Waals surface area contributed by atoms with Gasteiger partial charge >= 0.3 is 0 Å². The fourth-order valence-corrected chi connectivity index (χ4v) is 2.80. The van der Waals surface area contributed by atoms with Crippen molar-refractivity contribution in [2.75, 3.05) is 18.5 Å². The average molecular weight is 290 g/mol. The summed E-state index contributed by atoms with van der Waals surface area (Å²) in [6.07, 6.45) is 4.94. The highest BCUT2D eigenvalue weighted by Gasteiger charge is 2.26. The second kappa shape index (κ2) is 8.03. The second-order valence-electron chi connectivity index (χ2n) is 5.79. The lowest BCUT2D eigenvalue weighted by Gasteiger charge is -2.27. The van der Waals surface area contributed by atoms with Crippen LogP contribution in [0, 0.1) is 11.8 Å². The molecule has 3 N–H and O–H groups in total. The Labute approximate surface area is 127 Å². The molecule has 0 radical (unpaired) electrons. The van der Waals surface area contributed by atoms with Crippen LogP contribution in [0.5, 0.6) is 5.75 Å². The highest BCUT2D eigenvalue weighted by molar-refractivity contribution is 5.94. The first-order valence-electron chi connectivity index (χ1n) is 7.97. The van der Waals surface area contributed by atoms with Crippen LogP contribution in [0.15, 0.2) is 24.3 Å². The minimum Gasteiger partial charge on any atom is -0.491 e. The Bertz CT molecular complexity index is 454. The van der Waals surface area contributed by atoms with Crippen LogP contribution in [-0.4, -0.2) is 19.1 Å². The summed E-state index contributed by atoms with van der Waals surface area (Å²) in [5, 5.41) is 3.03. The Balaban J connectivity index is 1.93. The Morgan fingerprint density at radius 1 is 1.29 bits per heavy atom. The molecule has 1 aliphatic rings. The number of benzene rings is 1. The molecule has 0 spiro atoms. The van der Waals surface area contributed by atoms with Crippen LogP contribution in [0.2, 0.25) is 0 Å². The summed E-state index contributed by atoms with van der Waals surface area (Å²) >= 11 is 0. The molecule has 0 unspecified atom stereocenters. The first-order valence-corrected chi connectivity index (χ1v) is 7.97. The zero-order chi connectivity index (χ0) is 15.1. The molecule has 1 aromatic carbocycles. The van der Waals surface area contributed by atoms with Gasteiger partial charge in [-0.2, -0.15) is 0 Å². The predicted molar refractivity (Wildman–Crippen MR) is 85.4 cm³/mol. The van der Waals surface area contributed by atoms with Gasteiger partial charge in [-0.25, -0.2) is 0 Å². The normalized spacial score (nSPS) is 21.8. The van der Waals surface area contributed by atoms with Crippen LogP contribution in [-0.2, 0) is 4.79 Å². The number of nitrogens with two attached hydrogens (primary N) is 1. The van der Waals surface area contributed by atoms with Crippen molar-refractivity contribution in [1.82, 2.24) is 0 Å². The molecule has 1 amide bonds. The van der Waals surface area contributed by atoms with Gasteiger partial charge in [-0.1, -0.05) is 19.1 Å². The van der Waals surface area contributed by atoms with Gasteiger partial charge in [0.05, 0.1) is 12.3 Å². The number of hydrogen-bond acceptors (Lipinski definition) is 3. The van der Waals surface area contributed by atoms with Gasteiger partial charge in [0.1, 0.15) is 5.75 Å². The average Bonchev–Trinajstić information content (AvgIpc) is 2.54. The number of ether oxygens (including phenoxy) is 1. The van der Waals surface area contributed by atoms with Gasteiger partial charge in [0.15, 0.2) is 0 Å². The number of anilines is 1. The molecule has 116 valence electrons. The van der Waals surface area contributed by atoms with Crippen LogP contribution in [0.1, 0.15) is 39.0 Å². The first kappa shape index (κ1) is 15.8. The molecule has 4 heteroatoms. The van der Waals surface area contributed by atoms with Crippen molar-refractivity contribution in [3.63, 3.8) is 0 Å². The van der Waals surface area contributed by atoms with Gasteiger partial charge in [0.25, 0.3) is 0 Å². The molecular weight excluding hydrogens is 264 g/mol. The fourth-order valence-electron chi connectivity index (χ4n) is 2.80. The van der Waals surface area contributed by atoms with E-state index >= 15 is 0 Å². The van der Waals surface area contributed by atoms with Crippen LogP contribution in [0.4, 0.5) is 5.69 Å². The number of carbonyl (C=O) groups excluding carboxylic acids is 1. The van der Waals surface area contributed by atoms with Crippen LogP contribution < -0.4 is 15.8 Å². The summed E-state index contributed by atoms with van der Waals surface area (Å²) in [7, 11) is 0. The van der Waals surface area contributed by atoms with E-state index in [0.29, 0.717) is 12.5 Å². The zero-order valence-corrected chi connectivity index (χ0v) is 12.8. The van der Waals surface area contributed by atoms with Crippen molar-refractivity contribution in [2.24, 2.45) is 17.6 Å². The van der Waals surface area contributed by atoms with E-state index in [1.807, 2.05) is 24.3 Å². The Hall–Kier alpha value is -1.55. The lowest BCUT2D eigenvalue weighted by molar-refractivity contribution is -0.121. The number of para-hydroxylation sites is 2. The lowest BCUT2D eigenvalue weighted by Crippen LogP contribution is -2.29. The van der Waals surface area contributed by atoms with E-state index < -0.39 is 0 Å². The van der Waals surface area contributed by atoms with E-state index in [0.717, 1.165) is 50.1 Å². The maximum Gasteiger partial charge on any atom is 0.227 e. The van der Waals surface area contributed by atoms with Crippen LogP contribution in [0.25, 0.3) is 0 Å². The van der Waals surface area contributed by atoms with E-state index in [4.69, 9.17) is 10.5 Å². The van der Waals surface area contributed by atoms with Gasteiger partial charge < -0.3 is 15.8 Å². The molecule has 1 aromatic rings. The third-order valence-electron chi connectivity index (χ3n) is 4.16. The molecule has 2 rings (SSSR count). The summed E-state index contributed by atoms with van der Waals surface area (Å²) < 4.78 is 5.68. The summed E-state index contributed by atoms with van der Waals surface area (Å²) in [6, 6.07) is 7.64. The maximum atomic E-state index is 12.4. The molecule has 1 aliphatic carbocycles. The largest absolute Gasteiger partial charge is 0.491 e. The molecule has 0 heterocycles. The standard InChI is InChI=1S/C17H26N2O2/c1-2-11-21-16-6-4-3-5-15(16)19-17(20)14-9-7-13(12-18)8-10-14/h3-6,13-14H,2,7-12,18H2,1H3,(H,19,20). The monoisotopic (exact) mass is 290 g/mol. The first-order chi connectivity index (χ1) is 10.2. The summed E-state index contributed by atoms with van der Waals surface area (Å²) in [5.41, 5.74) is 6.47. The summed E-state index contributed by atoms with van der Waals surface area (Å²) in [4.78, 5) is 12.4. The minimum absolute atomic E-state index is 0.104.